The van der Waals surface area contributed by atoms with Gasteiger partial charge in [0, 0.05) is 21.7 Å². The first-order valence-corrected chi connectivity index (χ1v) is 12.0. The Morgan fingerprint density at radius 1 is 1.25 bits per heavy atom. The number of carboxylic acid groups (broad SMARTS) is 1. The molecule has 0 aliphatic carbocycles. The monoisotopic (exact) mass is 492 g/mol. The average Bonchev–Trinajstić information content (AvgIpc) is 3.37. The Bertz CT molecular complexity index is 1130. The highest BCUT2D eigenvalue weighted by molar-refractivity contribution is 8.00. The summed E-state index contributed by atoms with van der Waals surface area (Å²) in [6.45, 7) is 2.46. The van der Waals surface area contributed by atoms with E-state index in [0.29, 0.717) is 26.7 Å². The van der Waals surface area contributed by atoms with Gasteiger partial charge < -0.3 is 23.9 Å². The van der Waals surface area contributed by atoms with Crippen LogP contribution in [0, 0.1) is 0 Å². The van der Waals surface area contributed by atoms with Crippen LogP contribution in [0.25, 0.3) is 0 Å². The van der Waals surface area contributed by atoms with Crippen molar-refractivity contribution in [3.8, 4) is 17.2 Å². The summed E-state index contributed by atoms with van der Waals surface area (Å²) in [7, 11) is 1.60. The van der Waals surface area contributed by atoms with Crippen LogP contribution in [-0.2, 0) is 6.54 Å². The SMILES string of the molecule is CCCSc1nc(Sc2ccc(OC)cc2)c(C(=O)O)n1Cc1cc2c(cc1Cl)OCO2. The van der Waals surface area contributed by atoms with Gasteiger partial charge in [0.15, 0.2) is 22.3 Å². The van der Waals surface area contributed by atoms with Gasteiger partial charge in [-0.25, -0.2) is 9.78 Å². The molecule has 32 heavy (non-hydrogen) atoms. The molecule has 0 radical (unpaired) electrons. The van der Waals surface area contributed by atoms with Crippen molar-refractivity contribution in [2.75, 3.05) is 19.7 Å². The molecule has 168 valence electrons. The van der Waals surface area contributed by atoms with E-state index in [-0.39, 0.29) is 19.0 Å². The predicted octanol–water partition coefficient (Wildman–Crippen LogP) is 5.67. The van der Waals surface area contributed by atoms with Gasteiger partial charge in [-0.05, 0) is 42.3 Å². The summed E-state index contributed by atoms with van der Waals surface area (Å²) in [6, 6.07) is 10.9. The number of nitrogens with zero attached hydrogens (tertiary/aromatic N) is 2. The molecule has 10 heteroatoms. The highest BCUT2D eigenvalue weighted by Gasteiger charge is 2.25. The third kappa shape index (κ3) is 4.79. The molecule has 0 amide bonds. The van der Waals surface area contributed by atoms with Crippen molar-refractivity contribution in [2.24, 2.45) is 0 Å². The van der Waals surface area contributed by atoms with Gasteiger partial charge in [0.1, 0.15) is 10.8 Å². The van der Waals surface area contributed by atoms with Crippen LogP contribution >= 0.6 is 35.1 Å². The number of aromatic nitrogens is 2. The number of imidazole rings is 1. The smallest absolute Gasteiger partial charge is 0.355 e. The topological polar surface area (TPSA) is 82.8 Å². The van der Waals surface area contributed by atoms with E-state index in [4.69, 9.17) is 25.8 Å². The molecular weight excluding hydrogens is 472 g/mol. The molecule has 1 aromatic heterocycles. The first kappa shape index (κ1) is 22.7. The number of rotatable bonds is 9. The minimum atomic E-state index is -1.05. The van der Waals surface area contributed by atoms with E-state index in [2.05, 4.69) is 11.9 Å². The summed E-state index contributed by atoms with van der Waals surface area (Å²) >= 11 is 9.30. The molecule has 0 atom stereocenters. The van der Waals surface area contributed by atoms with E-state index in [1.165, 1.54) is 23.5 Å². The first-order valence-electron chi connectivity index (χ1n) is 9.86. The maximum absolute atomic E-state index is 12.3. The van der Waals surface area contributed by atoms with E-state index in [1.54, 1.807) is 23.8 Å². The summed E-state index contributed by atoms with van der Waals surface area (Å²) in [5.41, 5.74) is 0.855. The Balaban J connectivity index is 1.73. The molecule has 0 spiro atoms. The zero-order chi connectivity index (χ0) is 22.7. The Hall–Kier alpha value is -2.49. The van der Waals surface area contributed by atoms with E-state index in [9.17, 15) is 9.90 Å². The third-order valence-electron chi connectivity index (χ3n) is 4.68. The predicted molar refractivity (Wildman–Crippen MR) is 124 cm³/mol. The summed E-state index contributed by atoms with van der Waals surface area (Å²) in [5.74, 6) is 1.68. The minimum Gasteiger partial charge on any atom is -0.497 e. The van der Waals surface area contributed by atoms with Crippen LogP contribution in [-0.4, -0.2) is 40.3 Å². The maximum Gasteiger partial charge on any atom is 0.355 e. The largest absolute Gasteiger partial charge is 0.497 e. The van der Waals surface area contributed by atoms with Gasteiger partial charge in [-0.2, -0.15) is 0 Å². The van der Waals surface area contributed by atoms with E-state index in [0.717, 1.165) is 28.4 Å². The number of ether oxygens (including phenoxy) is 3. The molecule has 0 fully saturated rings. The molecule has 0 saturated carbocycles. The standard InChI is InChI=1S/C22H21ClN2O5S2/c1-3-8-31-22-24-20(32-15-6-4-14(28-2)5-7-15)19(21(26)27)25(22)11-13-9-17-18(10-16(13)23)30-12-29-17/h4-7,9-10H,3,8,11-12H2,1-2H3,(H,26,27). The minimum absolute atomic E-state index is 0.123. The highest BCUT2D eigenvalue weighted by Crippen LogP contribution is 2.39. The summed E-state index contributed by atoms with van der Waals surface area (Å²) < 4.78 is 17.7. The van der Waals surface area contributed by atoms with Crippen LogP contribution in [0.3, 0.4) is 0 Å². The molecule has 0 saturated heterocycles. The van der Waals surface area contributed by atoms with Crippen molar-refractivity contribution in [3.63, 3.8) is 0 Å². The average molecular weight is 493 g/mol. The molecule has 4 rings (SSSR count). The molecule has 0 bridgehead atoms. The Morgan fingerprint density at radius 2 is 1.97 bits per heavy atom. The molecular formula is C22H21ClN2O5S2. The van der Waals surface area contributed by atoms with Gasteiger partial charge in [0.05, 0.1) is 13.7 Å². The van der Waals surface area contributed by atoms with Gasteiger partial charge in [0.25, 0.3) is 0 Å². The molecule has 1 aliphatic heterocycles. The number of benzene rings is 2. The van der Waals surface area contributed by atoms with Crippen LogP contribution < -0.4 is 14.2 Å². The maximum atomic E-state index is 12.3. The zero-order valence-corrected chi connectivity index (χ0v) is 19.9. The number of hydrogen-bond acceptors (Lipinski definition) is 7. The fraction of sp³-hybridized carbons (Fsp3) is 0.273. The lowest BCUT2D eigenvalue weighted by atomic mass is 10.2. The summed E-state index contributed by atoms with van der Waals surface area (Å²) in [4.78, 5) is 17.9. The van der Waals surface area contributed by atoms with Crippen molar-refractivity contribution in [3.05, 3.63) is 52.7 Å². The summed E-state index contributed by atoms with van der Waals surface area (Å²) in [5, 5.41) is 11.6. The zero-order valence-electron chi connectivity index (χ0n) is 17.5. The quantitative estimate of drug-likeness (QED) is 0.382. The van der Waals surface area contributed by atoms with Crippen molar-refractivity contribution >= 4 is 41.1 Å². The lowest BCUT2D eigenvalue weighted by molar-refractivity contribution is 0.0680. The molecule has 2 heterocycles. The van der Waals surface area contributed by atoms with Crippen molar-refractivity contribution in [1.29, 1.82) is 0 Å². The highest BCUT2D eigenvalue weighted by atomic mass is 35.5. The lowest BCUT2D eigenvalue weighted by Crippen LogP contribution is -2.12. The molecule has 7 nitrogen and oxygen atoms in total. The number of carbonyl (C=O) groups is 1. The van der Waals surface area contributed by atoms with Crippen molar-refractivity contribution < 1.29 is 24.1 Å². The fourth-order valence-corrected chi connectivity index (χ4v) is 5.19. The number of hydrogen-bond donors (Lipinski definition) is 1. The van der Waals surface area contributed by atoms with Crippen LogP contribution in [0.2, 0.25) is 5.02 Å². The van der Waals surface area contributed by atoms with Crippen LogP contribution in [0.1, 0.15) is 29.4 Å². The van der Waals surface area contributed by atoms with Gasteiger partial charge >= 0.3 is 5.97 Å². The molecule has 3 aromatic rings. The van der Waals surface area contributed by atoms with Gasteiger partial charge in [-0.3, -0.25) is 0 Å². The number of aromatic carboxylic acids is 1. The second-order valence-electron chi connectivity index (χ2n) is 6.86. The lowest BCUT2D eigenvalue weighted by Gasteiger charge is -2.12. The van der Waals surface area contributed by atoms with E-state index < -0.39 is 5.97 Å². The van der Waals surface area contributed by atoms with Crippen molar-refractivity contribution in [1.82, 2.24) is 9.55 Å². The van der Waals surface area contributed by atoms with Crippen LogP contribution in [0.4, 0.5) is 0 Å². The Labute approximate surface area is 199 Å². The second kappa shape index (κ2) is 9.97. The molecule has 0 unspecified atom stereocenters. The van der Waals surface area contributed by atoms with Gasteiger partial charge in [0.2, 0.25) is 6.79 Å². The van der Waals surface area contributed by atoms with Crippen LogP contribution in [0.15, 0.2) is 51.5 Å². The van der Waals surface area contributed by atoms with E-state index >= 15 is 0 Å². The number of halogens is 1. The van der Waals surface area contributed by atoms with Crippen molar-refractivity contribution in [2.45, 2.75) is 35.0 Å². The Morgan fingerprint density at radius 3 is 2.62 bits per heavy atom. The first-order chi connectivity index (χ1) is 15.5. The number of fused-ring (bicyclic) bond motifs is 1. The molecule has 1 N–H and O–H groups in total. The second-order valence-corrected chi connectivity index (χ2v) is 9.39. The number of methoxy groups -OCH3 is 1. The molecule has 1 aliphatic rings. The van der Waals surface area contributed by atoms with E-state index in [1.807, 2.05) is 24.3 Å². The number of thioether (sulfide) groups is 1. The fourth-order valence-electron chi connectivity index (χ4n) is 3.15. The number of carboxylic acids is 1. The van der Waals surface area contributed by atoms with Gasteiger partial charge in [-0.15, -0.1) is 0 Å². The molecule has 2 aromatic carbocycles. The normalized spacial score (nSPS) is 12.2. The summed E-state index contributed by atoms with van der Waals surface area (Å²) in [6.07, 6.45) is 0.936. The van der Waals surface area contributed by atoms with Crippen LogP contribution in [0.5, 0.6) is 17.2 Å². The third-order valence-corrected chi connectivity index (χ3v) is 7.20. The Kier molecular flexibility index (Phi) is 7.07. The van der Waals surface area contributed by atoms with Gasteiger partial charge in [-0.1, -0.05) is 42.0 Å².